The Morgan fingerprint density at radius 3 is 1.66 bits per heavy atom. The minimum Gasteiger partial charge on any atom is -0.454 e. The fraction of sp³-hybridized carbons (Fsp3) is 0. The van der Waals surface area contributed by atoms with Crippen molar-refractivity contribution in [2.24, 2.45) is 0 Å². The molecule has 12 aromatic rings. The van der Waals surface area contributed by atoms with Crippen molar-refractivity contribution < 1.29 is 4.42 Å². The summed E-state index contributed by atoms with van der Waals surface area (Å²) in [6.07, 6.45) is 1.97. The molecule has 62 heavy (non-hydrogen) atoms. The van der Waals surface area contributed by atoms with E-state index in [1.165, 1.54) is 5.39 Å². The highest BCUT2D eigenvalue weighted by Crippen LogP contribution is 2.45. The van der Waals surface area contributed by atoms with Crippen molar-refractivity contribution in [3.8, 4) is 73.4 Å². The lowest BCUT2D eigenvalue weighted by molar-refractivity contribution is 0.671. The van der Waals surface area contributed by atoms with Gasteiger partial charge in [-0.3, -0.25) is 4.98 Å². The van der Waals surface area contributed by atoms with Crippen LogP contribution >= 0.6 is 0 Å². The van der Waals surface area contributed by atoms with Crippen LogP contribution in [0.4, 0.5) is 0 Å². The molecular formula is C56H35N5O. The largest absolute Gasteiger partial charge is 0.454 e. The average molecular weight is 794 g/mol. The Kier molecular flexibility index (Phi) is 8.38. The molecule has 12 rings (SSSR count). The van der Waals surface area contributed by atoms with Crippen molar-refractivity contribution in [1.82, 2.24) is 24.5 Å². The Balaban J connectivity index is 1.13. The third-order valence-corrected chi connectivity index (χ3v) is 11.7. The lowest BCUT2D eigenvalue weighted by Gasteiger charge is -2.14. The smallest absolute Gasteiger partial charge is 0.166 e. The molecule has 0 N–H and O–H groups in total. The number of aromatic nitrogens is 5. The second kappa shape index (κ2) is 14.7. The number of benzene rings is 8. The molecule has 0 spiro atoms. The third-order valence-electron chi connectivity index (χ3n) is 11.7. The normalized spacial score (nSPS) is 11.5. The standard InChI is InChI=1S/C56H35N5O/c1-5-17-36(18-6-1)39-23-15-24-40(33-39)41-34-47(56-59-54(37-19-7-2-8-20-37)58-55(60-56)38-21-9-3-10-22-38)51(57-35-41)45-28-16-30-49-50(45)46-32-31-44-43-27-13-14-29-48(43)61(52(44)53(46)62-49)42-25-11-4-12-26-42/h1-35H. The molecule has 8 aromatic carbocycles. The number of fused-ring (bicyclic) bond motifs is 7. The second-order valence-corrected chi connectivity index (χ2v) is 15.4. The van der Waals surface area contributed by atoms with Crippen molar-refractivity contribution in [3.05, 3.63) is 212 Å². The molecule has 0 radical (unpaired) electrons. The molecule has 0 unspecified atom stereocenters. The first-order valence-corrected chi connectivity index (χ1v) is 20.7. The molecule has 0 aliphatic heterocycles. The third kappa shape index (κ3) is 5.96. The lowest BCUT2D eigenvalue weighted by atomic mass is 9.95. The molecule has 0 fully saturated rings. The Morgan fingerprint density at radius 1 is 0.387 bits per heavy atom. The van der Waals surface area contributed by atoms with Crippen LogP contribution in [0.1, 0.15) is 0 Å². The molecule has 0 aliphatic carbocycles. The summed E-state index contributed by atoms with van der Waals surface area (Å²) in [5, 5.41) is 4.28. The topological polar surface area (TPSA) is 69.6 Å². The molecule has 0 bridgehead atoms. The quantitative estimate of drug-likeness (QED) is 0.161. The molecule has 0 atom stereocenters. The van der Waals surface area contributed by atoms with Gasteiger partial charge in [-0.05, 0) is 59.2 Å². The zero-order valence-electron chi connectivity index (χ0n) is 33.4. The van der Waals surface area contributed by atoms with Crippen LogP contribution in [0, 0.1) is 0 Å². The zero-order chi connectivity index (χ0) is 41.0. The van der Waals surface area contributed by atoms with Crippen molar-refractivity contribution in [2.45, 2.75) is 0 Å². The van der Waals surface area contributed by atoms with Crippen LogP contribution in [0.25, 0.3) is 117 Å². The first kappa shape index (κ1) is 35.5. The van der Waals surface area contributed by atoms with Crippen LogP contribution in [0.2, 0.25) is 0 Å². The molecule has 4 heterocycles. The maximum Gasteiger partial charge on any atom is 0.166 e. The molecule has 290 valence electrons. The maximum absolute atomic E-state index is 6.98. The zero-order valence-corrected chi connectivity index (χ0v) is 33.4. The van der Waals surface area contributed by atoms with E-state index in [-0.39, 0.29) is 0 Å². The highest BCUT2D eigenvalue weighted by Gasteiger charge is 2.24. The molecule has 6 heteroatoms. The van der Waals surface area contributed by atoms with Crippen molar-refractivity contribution in [2.75, 3.05) is 0 Å². The fourth-order valence-electron chi connectivity index (χ4n) is 8.82. The first-order chi connectivity index (χ1) is 30.7. The number of pyridine rings is 1. The van der Waals surface area contributed by atoms with Crippen LogP contribution in [0.15, 0.2) is 217 Å². The van der Waals surface area contributed by atoms with Crippen LogP contribution in [0.5, 0.6) is 0 Å². The summed E-state index contributed by atoms with van der Waals surface area (Å²) in [6.45, 7) is 0. The summed E-state index contributed by atoms with van der Waals surface area (Å²) in [5.74, 6) is 1.69. The molecule has 0 saturated carbocycles. The summed E-state index contributed by atoms with van der Waals surface area (Å²) in [4.78, 5) is 20.9. The summed E-state index contributed by atoms with van der Waals surface area (Å²) in [7, 11) is 0. The van der Waals surface area contributed by atoms with Crippen LogP contribution in [-0.2, 0) is 0 Å². The number of hydrogen-bond donors (Lipinski definition) is 0. The molecule has 0 saturated heterocycles. The minimum atomic E-state index is 0.526. The van der Waals surface area contributed by atoms with E-state index in [9.17, 15) is 0 Å². The fourth-order valence-corrected chi connectivity index (χ4v) is 8.82. The summed E-state index contributed by atoms with van der Waals surface area (Å²) >= 11 is 0. The number of rotatable bonds is 7. The van der Waals surface area contributed by atoms with Gasteiger partial charge in [-0.2, -0.15) is 0 Å². The Hall–Kier alpha value is -8.48. The summed E-state index contributed by atoms with van der Waals surface area (Å²) < 4.78 is 9.30. The van der Waals surface area contributed by atoms with E-state index < -0.39 is 0 Å². The highest BCUT2D eigenvalue weighted by molar-refractivity contribution is 6.23. The number of furan rings is 1. The van der Waals surface area contributed by atoms with E-state index in [4.69, 9.17) is 24.4 Å². The van der Waals surface area contributed by atoms with Gasteiger partial charge in [0.1, 0.15) is 5.58 Å². The van der Waals surface area contributed by atoms with Crippen LogP contribution in [0.3, 0.4) is 0 Å². The molecule has 0 amide bonds. The van der Waals surface area contributed by atoms with Gasteiger partial charge in [-0.15, -0.1) is 0 Å². The van der Waals surface area contributed by atoms with E-state index in [0.29, 0.717) is 17.5 Å². The average Bonchev–Trinajstić information content (AvgIpc) is 3.91. The van der Waals surface area contributed by atoms with Crippen molar-refractivity contribution in [3.63, 3.8) is 0 Å². The van der Waals surface area contributed by atoms with Gasteiger partial charge in [-0.1, -0.05) is 164 Å². The Labute approximate surface area is 357 Å². The van der Waals surface area contributed by atoms with E-state index in [0.717, 1.165) is 94.2 Å². The van der Waals surface area contributed by atoms with Gasteiger partial charge in [0.2, 0.25) is 0 Å². The van der Waals surface area contributed by atoms with Gasteiger partial charge in [0.25, 0.3) is 0 Å². The molecular weight excluding hydrogens is 759 g/mol. The molecule has 6 nitrogen and oxygen atoms in total. The van der Waals surface area contributed by atoms with Gasteiger partial charge in [0.05, 0.1) is 16.7 Å². The monoisotopic (exact) mass is 793 g/mol. The highest BCUT2D eigenvalue weighted by atomic mass is 16.3. The number of nitrogens with zero attached hydrogens (tertiary/aromatic N) is 5. The summed E-state index contributed by atoms with van der Waals surface area (Å²) in [6, 6.07) is 71.1. The van der Waals surface area contributed by atoms with Gasteiger partial charge in [-0.25, -0.2) is 15.0 Å². The predicted octanol–water partition coefficient (Wildman–Crippen LogP) is 14.3. The molecule has 4 aromatic heterocycles. The SMILES string of the molecule is c1ccc(-c2cccc(-c3cnc(-c4cccc5oc6c(ccc7c8ccccc8n(-c8ccccc8)c76)c45)c(-c4nc(-c5ccccc5)nc(-c5ccccc5)n4)c3)c2)cc1. The number of para-hydroxylation sites is 2. The van der Waals surface area contributed by atoms with E-state index >= 15 is 0 Å². The van der Waals surface area contributed by atoms with Crippen LogP contribution in [-0.4, -0.2) is 24.5 Å². The first-order valence-electron chi connectivity index (χ1n) is 20.7. The number of hydrogen-bond acceptors (Lipinski definition) is 5. The Bertz CT molecular complexity index is 3560. The van der Waals surface area contributed by atoms with Crippen LogP contribution < -0.4 is 0 Å². The predicted molar refractivity (Wildman–Crippen MR) is 252 cm³/mol. The summed E-state index contributed by atoms with van der Waals surface area (Å²) in [5.41, 5.74) is 13.3. The van der Waals surface area contributed by atoms with E-state index in [1.54, 1.807) is 0 Å². The minimum absolute atomic E-state index is 0.526. The van der Waals surface area contributed by atoms with Gasteiger partial charge < -0.3 is 8.98 Å². The van der Waals surface area contributed by atoms with Gasteiger partial charge >= 0.3 is 0 Å². The van der Waals surface area contributed by atoms with E-state index in [1.807, 2.05) is 85.1 Å². The lowest BCUT2D eigenvalue weighted by Crippen LogP contribution is -2.02. The van der Waals surface area contributed by atoms with E-state index in [2.05, 4.69) is 132 Å². The second-order valence-electron chi connectivity index (χ2n) is 15.4. The molecule has 0 aliphatic rings. The van der Waals surface area contributed by atoms with Gasteiger partial charge in [0.15, 0.2) is 23.1 Å². The van der Waals surface area contributed by atoms with Crippen molar-refractivity contribution in [1.29, 1.82) is 0 Å². The maximum atomic E-state index is 6.98. The Morgan fingerprint density at radius 2 is 0.952 bits per heavy atom. The van der Waals surface area contributed by atoms with Gasteiger partial charge in [0, 0.05) is 61.2 Å². The van der Waals surface area contributed by atoms with Crippen molar-refractivity contribution >= 4 is 43.7 Å².